The van der Waals surface area contributed by atoms with Crippen molar-refractivity contribution in [2.24, 2.45) is 5.92 Å². The number of nitrogens with one attached hydrogen (secondary N) is 1. The van der Waals surface area contributed by atoms with E-state index in [4.69, 9.17) is 14.5 Å². The number of hydrogen-bond acceptors (Lipinski definition) is 6. The van der Waals surface area contributed by atoms with E-state index in [9.17, 15) is 0 Å². The summed E-state index contributed by atoms with van der Waals surface area (Å²) in [6, 6.07) is 0. The van der Waals surface area contributed by atoms with Crippen LogP contribution >= 0.6 is 11.3 Å². The van der Waals surface area contributed by atoms with Gasteiger partial charge in [-0.15, -0.1) is 11.3 Å². The van der Waals surface area contributed by atoms with Crippen molar-refractivity contribution >= 4 is 16.5 Å². The summed E-state index contributed by atoms with van der Waals surface area (Å²) in [7, 11) is 3.50. The average molecular weight is 299 g/mol. The van der Waals surface area contributed by atoms with Crippen molar-refractivity contribution in [2.75, 3.05) is 52.0 Å². The highest BCUT2D eigenvalue weighted by atomic mass is 32.1. The first-order chi connectivity index (χ1) is 9.74. The molecule has 6 heteroatoms. The number of rotatable bonds is 8. The molecule has 0 amide bonds. The van der Waals surface area contributed by atoms with Crippen molar-refractivity contribution in [3.05, 3.63) is 10.6 Å². The van der Waals surface area contributed by atoms with Gasteiger partial charge in [-0.3, -0.25) is 0 Å². The molecule has 5 nitrogen and oxygen atoms in total. The Bertz CT molecular complexity index is 411. The van der Waals surface area contributed by atoms with Crippen molar-refractivity contribution in [1.82, 2.24) is 10.3 Å². The zero-order valence-electron chi connectivity index (χ0n) is 12.6. The fraction of sp³-hybridized carbons (Fsp3) is 0.786. The molecule has 1 fully saturated rings. The summed E-state index contributed by atoms with van der Waals surface area (Å²) >= 11 is 1.81. The highest BCUT2D eigenvalue weighted by Crippen LogP contribution is 2.30. The van der Waals surface area contributed by atoms with E-state index in [-0.39, 0.29) is 0 Å². The molecule has 2 rings (SSSR count). The number of nitrogens with zero attached hydrogens (tertiary/aromatic N) is 2. The summed E-state index contributed by atoms with van der Waals surface area (Å²) in [5.41, 5.74) is 1.14. The topological polar surface area (TPSA) is 46.6 Å². The molecule has 1 unspecified atom stereocenters. The molecule has 1 aliphatic heterocycles. The van der Waals surface area contributed by atoms with Crippen molar-refractivity contribution in [2.45, 2.75) is 19.9 Å². The van der Waals surface area contributed by atoms with Gasteiger partial charge < -0.3 is 19.7 Å². The van der Waals surface area contributed by atoms with Crippen LogP contribution in [0.1, 0.15) is 17.0 Å². The molecule has 0 spiro atoms. The van der Waals surface area contributed by atoms with E-state index in [2.05, 4.69) is 17.1 Å². The second-order valence-corrected chi connectivity index (χ2v) is 6.29. The lowest BCUT2D eigenvalue weighted by Crippen LogP contribution is -2.20. The summed E-state index contributed by atoms with van der Waals surface area (Å²) in [5.74, 6) is 0.646. The van der Waals surface area contributed by atoms with Gasteiger partial charge in [0.15, 0.2) is 5.13 Å². The second kappa shape index (κ2) is 7.93. The fourth-order valence-electron chi connectivity index (χ4n) is 2.47. The molecule has 1 saturated heterocycles. The van der Waals surface area contributed by atoms with Crippen LogP contribution in [0.5, 0.6) is 0 Å². The largest absolute Gasteiger partial charge is 0.384 e. The first-order valence-corrected chi connectivity index (χ1v) is 7.96. The minimum absolute atomic E-state index is 0.646. The van der Waals surface area contributed by atoms with Gasteiger partial charge in [-0.25, -0.2) is 4.98 Å². The number of methoxy groups -OCH3 is 2. The average Bonchev–Trinajstić information content (AvgIpc) is 3.03. The highest BCUT2D eigenvalue weighted by Gasteiger charge is 2.25. The van der Waals surface area contributed by atoms with Crippen molar-refractivity contribution in [3.63, 3.8) is 0 Å². The van der Waals surface area contributed by atoms with E-state index in [1.807, 2.05) is 0 Å². The van der Waals surface area contributed by atoms with E-state index in [0.717, 1.165) is 50.2 Å². The summed E-state index contributed by atoms with van der Waals surface area (Å²) < 4.78 is 10.3. The molecule has 1 N–H and O–H groups in total. The van der Waals surface area contributed by atoms with Gasteiger partial charge in [-0.1, -0.05) is 0 Å². The van der Waals surface area contributed by atoms with Gasteiger partial charge in [0.2, 0.25) is 0 Å². The van der Waals surface area contributed by atoms with Crippen LogP contribution in [-0.4, -0.2) is 52.1 Å². The van der Waals surface area contributed by atoms with E-state index >= 15 is 0 Å². The fourth-order valence-corrected chi connectivity index (χ4v) is 3.53. The zero-order chi connectivity index (χ0) is 14.4. The number of aromatic nitrogens is 1. The van der Waals surface area contributed by atoms with Crippen LogP contribution < -0.4 is 10.2 Å². The van der Waals surface area contributed by atoms with E-state index in [1.165, 1.54) is 11.3 Å². The van der Waals surface area contributed by atoms with Crippen molar-refractivity contribution < 1.29 is 9.47 Å². The molecule has 0 aliphatic carbocycles. The Morgan fingerprint density at radius 1 is 1.40 bits per heavy atom. The predicted octanol–water partition coefficient (Wildman–Crippen LogP) is 1.66. The van der Waals surface area contributed by atoms with Crippen LogP contribution in [-0.2, 0) is 16.0 Å². The molecule has 20 heavy (non-hydrogen) atoms. The molecule has 0 saturated carbocycles. The van der Waals surface area contributed by atoms with Crippen LogP contribution in [0.3, 0.4) is 0 Å². The van der Waals surface area contributed by atoms with Gasteiger partial charge >= 0.3 is 0 Å². The van der Waals surface area contributed by atoms with Crippen LogP contribution in [0.15, 0.2) is 0 Å². The lowest BCUT2D eigenvalue weighted by molar-refractivity contribution is 0.161. The summed E-state index contributed by atoms with van der Waals surface area (Å²) in [4.78, 5) is 8.43. The van der Waals surface area contributed by atoms with Gasteiger partial charge in [0.05, 0.1) is 18.9 Å². The van der Waals surface area contributed by atoms with Gasteiger partial charge in [-0.05, 0) is 13.3 Å². The molecule has 1 aliphatic rings. The summed E-state index contributed by atoms with van der Waals surface area (Å²) in [6.07, 6.45) is 1.20. The molecular formula is C14H25N3O2S. The van der Waals surface area contributed by atoms with Crippen molar-refractivity contribution in [3.8, 4) is 0 Å². The summed E-state index contributed by atoms with van der Waals surface area (Å²) in [6.45, 7) is 7.61. The molecule has 1 atom stereocenters. The molecule has 114 valence electrons. The van der Waals surface area contributed by atoms with Crippen LogP contribution in [0.4, 0.5) is 5.13 Å². The maximum absolute atomic E-state index is 5.25. The Kier molecular flexibility index (Phi) is 6.22. The molecule has 0 bridgehead atoms. The summed E-state index contributed by atoms with van der Waals surface area (Å²) in [5, 5.41) is 4.54. The monoisotopic (exact) mass is 299 g/mol. The second-order valence-electron chi connectivity index (χ2n) is 5.23. The maximum atomic E-state index is 5.25. The third-order valence-electron chi connectivity index (χ3n) is 3.61. The Balaban J connectivity index is 1.87. The van der Waals surface area contributed by atoms with Gasteiger partial charge in [0.1, 0.15) is 0 Å². The number of anilines is 1. The SMILES string of the molecule is COCCNCc1sc(N2CCC(COC)C2)nc1C. The standard InChI is InChI=1S/C14H25N3O2S/c1-11-13(8-15-5-7-18-2)20-14(16-11)17-6-4-12(9-17)10-19-3/h12,15H,4-10H2,1-3H3. The first-order valence-electron chi connectivity index (χ1n) is 7.14. The number of hydrogen-bond donors (Lipinski definition) is 1. The van der Waals surface area contributed by atoms with E-state index in [0.29, 0.717) is 5.92 Å². The molecular weight excluding hydrogens is 274 g/mol. The third-order valence-corrected chi connectivity index (χ3v) is 4.83. The Morgan fingerprint density at radius 2 is 2.25 bits per heavy atom. The Hall–Kier alpha value is -0.690. The quantitative estimate of drug-likeness (QED) is 0.740. The molecule has 1 aromatic rings. The Labute approximate surface area is 125 Å². The minimum atomic E-state index is 0.646. The van der Waals surface area contributed by atoms with Crippen LogP contribution in [0.2, 0.25) is 0 Å². The van der Waals surface area contributed by atoms with Crippen molar-refractivity contribution in [1.29, 1.82) is 0 Å². The Morgan fingerprint density at radius 3 is 3.00 bits per heavy atom. The normalized spacial score (nSPS) is 18.9. The third kappa shape index (κ3) is 4.15. The van der Waals surface area contributed by atoms with E-state index in [1.54, 1.807) is 25.6 Å². The molecule has 0 radical (unpaired) electrons. The minimum Gasteiger partial charge on any atom is -0.384 e. The lowest BCUT2D eigenvalue weighted by atomic mass is 10.1. The predicted molar refractivity (Wildman–Crippen MR) is 82.6 cm³/mol. The smallest absolute Gasteiger partial charge is 0.185 e. The maximum Gasteiger partial charge on any atom is 0.185 e. The number of thiazole rings is 1. The lowest BCUT2D eigenvalue weighted by Gasteiger charge is -2.14. The van der Waals surface area contributed by atoms with Gasteiger partial charge in [0, 0.05) is 51.2 Å². The molecule has 1 aromatic heterocycles. The zero-order valence-corrected chi connectivity index (χ0v) is 13.5. The van der Waals surface area contributed by atoms with Gasteiger partial charge in [-0.2, -0.15) is 0 Å². The number of ether oxygens (including phenoxy) is 2. The molecule has 0 aromatic carbocycles. The molecule has 2 heterocycles. The first kappa shape index (κ1) is 15.7. The van der Waals surface area contributed by atoms with E-state index < -0.39 is 0 Å². The number of aryl methyl sites for hydroxylation is 1. The van der Waals surface area contributed by atoms with Crippen LogP contribution in [0.25, 0.3) is 0 Å². The highest BCUT2D eigenvalue weighted by molar-refractivity contribution is 7.15. The van der Waals surface area contributed by atoms with Crippen LogP contribution in [0, 0.1) is 12.8 Å². The van der Waals surface area contributed by atoms with Gasteiger partial charge in [0.25, 0.3) is 0 Å².